The van der Waals surface area contributed by atoms with Gasteiger partial charge in [-0.1, -0.05) is 24.6 Å². The predicted molar refractivity (Wildman–Crippen MR) is 64.9 cm³/mol. The van der Waals surface area contributed by atoms with E-state index in [1.165, 1.54) is 25.3 Å². The largest absolute Gasteiger partial charge is 0.545 e. The molecular formula is C13H15N2O2-. The molecule has 0 aliphatic heterocycles. The summed E-state index contributed by atoms with van der Waals surface area (Å²) in [5, 5.41) is 15.1. The molecule has 0 radical (unpaired) electrons. The Hall–Kier alpha value is -1.84. The summed E-state index contributed by atoms with van der Waals surface area (Å²) in [5.74, 6) is -1.18. The summed E-state index contributed by atoms with van der Waals surface area (Å²) in [4.78, 5) is 10.9. The highest BCUT2D eigenvalue weighted by molar-refractivity contribution is 5.93. The number of aromatic carboxylic acids is 1. The van der Waals surface area contributed by atoms with E-state index in [2.05, 4.69) is 10.5 Å². The first-order valence-corrected chi connectivity index (χ1v) is 5.89. The first-order valence-electron chi connectivity index (χ1n) is 5.89. The van der Waals surface area contributed by atoms with Crippen LogP contribution in [0.4, 0.5) is 5.69 Å². The van der Waals surface area contributed by atoms with Crippen molar-refractivity contribution >= 4 is 17.4 Å². The fraction of sp³-hybridized carbons (Fsp3) is 0.385. The number of rotatable bonds is 3. The van der Waals surface area contributed by atoms with Gasteiger partial charge in [0.25, 0.3) is 0 Å². The van der Waals surface area contributed by atoms with Gasteiger partial charge in [-0.25, -0.2) is 0 Å². The first-order chi connectivity index (χ1) is 8.27. The summed E-state index contributed by atoms with van der Waals surface area (Å²) in [7, 11) is 0. The molecule has 0 atom stereocenters. The lowest BCUT2D eigenvalue weighted by Gasteiger charge is -2.14. The van der Waals surface area contributed by atoms with Gasteiger partial charge in [0.05, 0.1) is 11.7 Å². The van der Waals surface area contributed by atoms with Crippen LogP contribution < -0.4 is 10.5 Å². The standard InChI is InChI=1S/C13H16N2O2/c16-13(17)11-8-4-5-9-12(11)15-14-10-6-2-1-3-7-10/h4-5,8-9,15H,1-3,6-7H2,(H,16,17)/p-1. The van der Waals surface area contributed by atoms with E-state index < -0.39 is 5.97 Å². The topological polar surface area (TPSA) is 64.5 Å². The van der Waals surface area contributed by atoms with Crippen LogP contribution in [0.3, 0.4) is 0 Å². The minimum absolute atomic E-state index is 0.146. The van der Waals surface area contributed by atoms with Gasteiger partial charge in [-0.2, -0.15) is 5.10 Å². The normalized spacial score (nSPS) is 15.4. The maximum absolute atomic E-state index is 10.9. The van der Waals surface area contributed by atoms with E-state index in [0.29, 0.717) is 5.69 Å². The lowest BCUT2D eigenvalue weighted by Crippen LogP contribution is -2.23. The van der Waals surface area contributed by atoms with Crippen LogP contribution in [-0.4, -0.2) is 11.7 Å². The molecule has 0 spiro atoms. The van der Waals surface area contributed by atoms with Crippen LogP contribution >= 0.6 is 0 Å². The molecule has 0 aromatic heterocycles. The predicted octanol–water partition coefficient (Wildman–Crippen LogP) is 1.78. The third kappa shape index (κ3) is 3.06. The maximum Gasteiger partial charge on any atom is 0.0736 e. The summed E-state index contributed by atoms with van der Waals surface area (Å²) >= 11 is 0. The molecule has 0 heterocycles. The zero-order valence-corrected chi connectivity index (χ0v) is 9.61. The zero-order valence-electron chi connectivity index (χ0n) is 9.61. The molecular weight excluding hydrogens is 216 g/mol. The number of nitrogens with one attached hydrogen (secondary N) is 1. The number of anilines is 1. The highest BCUT2D eigenvalue weighted by Gasteiger charge is 2.07. The summed E-state index contributed by atoms with van der Waals surface area (Å²) < 4.78 is 0. The number of carboxylic acid groups (broad SMARTS) is 1. The van der Waals surface area contributed by atoms with Crippen LogP contribution in [0.15, 0.2) is 29.4 Å². The van der Waals surface area contributed by atoms with Crippen LogP contribution in [-0.2, 0) is 0 Å². The summed E-state index contributed by atoms with van der Waals surface area (Å²) in [6.45, 7) is 0. The molecule has 0 amide bonds. The van der Waals surface area contributed by atoms with Gasteiger partial charge in [0.2, 0.25) is 0 Å². The number of hydrogen-bond donors (Lipinski definition) is 1. The molecule has 4 heteroatoms. The zero-order chi connectivity index (χ0) is 12.1. The molecule has 0 unspecified atom stereocenters. The van der Waals surface area contributed by atoms with E-state index in [9.17, 15) is 9.90 Å². The van der Waals surface area contributed by atoms with Crippen molar-refractivity contribution in [3.63, 3.8) is 0 Å². The third-order valence-electron chi connectivity index (χ3n) is 2.91. The number of benzene rings is 1. The molecule has 0 saturated heterocycles. The van der Waals surface area contributed by atoms with Gasteiger partial charge in [-0.15, -0.1) is 0 Å². The molecule has 1 aromatic carbocycles. The Morgan fingerprint density at radius 2 is 1.88 bits per heavy atom. The number of carbonyl (C=O) groups excluding carboxylic acids is 1. The minimum Gasteiger partial charge on any atom is -0.545 e. The number of carbonyl (C=O) groups is 1. The van der Waals surface area contributed by atoms with Gasteiger partial charge in [0.15, 0.2) is 0 Å². The smallest absolute Gasteiger partial charge is 0.0736 e. The number of hydrazone groups is 1. The molecule has 4 nitrogen and oxygen atoms in total. The first kappa shape index (κ1) is 11.6. The van der Waals surface area contributed by atoms with Crippen LogP contribution in [0, 0.1) is 0 Å². The van der Waals surface area contributed by atoms with E-state index in [4.69, 9.17) is 0 Å². The monoisotopic (exact) mass is 231 g/mol. The van der Waals surface area contributed by atoms with Gasteiger partial charge in [-0.05, 0) is 31.7 Å². The second kappa shape index (κ2) is 5.48. The van der Waals surface area contributed by atoms with Crippen molar-refractivity contribution in [1.82, 2.24) is 0 Å². The van der Waals surface area contributed by atoms with Crippen LogP contribution in [0.25, 0.3) is 0 Å². The number of hydrogen-bond acceptors (Lipinski definition) is 4. The molecule has 1 N–H and O–H groups in total. The average Bonchev–Trinajstić information content (AvgIpc) is 2.38. The second-order valence-electron chi connectivity index (χ2n) is 4.18. The molecule has 1 aliphatic carbocycles. The average molecular weight is 231 g/mol. The van der Waals surface area contributed by atoms with Crippen molar-refractivity contribution in [3.05, 3.63) is 29.8 Å². The third-order valence-corrected chi connectivity index (χ3v) is 2.91. The molecule has 1 fully saturated rings. The van der Waals surface area contributed by atoms with E-state index >= 15 is 0 Å². The van der Waals surface area contributed by atoms with E-state index in [-0.39, 0.29) is 5.56 Å². The fourth-order valence-corrected chi connectivity index (χ4v) is 1.97. The Bertz CT molecular complexity index is 433. The fourth-order valence-electron chi connectivity index (χ4n) is 1.97. The van der Waals surface area contributed by atoms with Crippen molar-refractivity contribution in [2.75, 3.05) is 5.43 Å². The number of nitrogens with zero attached hydrogens (tertiary/aromatic N) is 1. The Balaban J connectivity index is 2.10. The number of para-hydroxylation sites is 1. The Morgan fingerprint density at radius 1 is 1.18 bits per heavy atom. The quantitative estimate of drug-likeness (QED) is 0.806. The van der Waals surface area contributed by atoms with Gasteiger partial charge >= 0.3 is 0 Å². The van der Waals surface area contributed by atoms with E-state index in [0.717, 1.165) is 18.6 Å². The van der Waals surface area contributed by atoms with E-state index in [1.54, 1.807) is 18.2 Å². The highest BCUT2D eigenvalue weighted by atomic mass is 16.4. The molecule has 1 saturated carbocycles. The van der Waals surface area contributed by atoms with Crippen molar-refractivity contribution in [1.29, 1.82) is 0 Å². The van der Waals surface area contributed by atoms with Crippen molar-refractivity contribution < 1.29 is 9.90 Å². The van der Waals surface area contributed by atoms with Crippen molar-refractivity contribution in [2.24, 2.45) is 5.10 Å². The molecule has 0 bridgehead atoms. The van der Waals surface area contributed by atoms with Crippen LogP contribution in [0.5, 0.6) is 0 Å². The summed E-state index contributed by atoms with van der Waals surface area (Å²) in [5.41, 5.74) is 4.58. The highest BCUT2D eigenvalue weighted by Crippen LogP contribution is 2.17. The van der Waals surface area contributed by atoms with Crippen LogP contribution in [0.1, 0.15) is 42.5 Å². The second-order valence-corrected chi connectivity index (χ2v) is 4.18. The van der Waals surface area contributed by atoms with Crippen molar-refractivity contribution in [2.45, 2.75) is 32.1 Å². The van der Waals surface area contributed by atoms with E-state index in [1.807, 2.05) is 0 Å². The van der Waals surface area contributed by atoms with Crippen LogP contribution in [0.2, 0.25) is 0 Å². The SMILES string of the molecule is O=C([O-])c1ccccc1NN=C1CCCCC1. The molecule has 17 heavy (non-hydrogen) atoms. The van der Waals surface area contributed by atoms with Gasteiger partial charge < -0.3 is 9.90 Å². The Labute approximate surface area is 100 Å². The lowest BCUT2D eigenvalue weighted by molar-refractivity contribution is -0.254. The van der Waals surface area contributed by atoms with Crippen molar-refractivity contribution in [3.8, 4) is 0 Å². The molecule has 1 aromatic rings. The Kier molecular flexibility index (Phi) is 3.75. The summed E-state index contributed by atoms with van der Waals surface area (Å²) in [6, 6.07) is 6.65. The lowest BCUT2D eigenvalue weighted by atomic mass is 9.99. The van der Waals surface area contributed by atoms with Gasteiger partial charge in [0, 0.05) is 11.3 Å². The molecule has 90 valence electrons. The maximum atomic E-state index is 10.9. The Morgan fingerprint density at radius 3 is 2.59 bits per heavy atom. The molecule has 1 aliphatic rings. The minimum atomic E-state index is -1.18. The number of carboxylic acids is 1. The molecule has 2 rings (SSSR count). The summed E-state index contributed by atoms with van der Waals surface area (Å²) in [6.07, 6.45) is 5.60. The van der Waals surface area contributed by atoms with Gasteiger partial charge in [-0.3, -0.25) is 5.43 Å². The van der Waals surface area contributed by atoms with Gasteiger partial charge in [0.1, 0.15) is 0 Å².